The molecule has 0 atom stereocenters. The molecule has 2 nitrogen and oxygen atoms in total. The van der Waals surface area contributed by atoms with E-state index in [0.717, 1.165) is 29.4 Å². The van der Waals surface area contributed by atoms with Gasteiger partial charge < -0.3 is 9.47 Å². The highest BCUT2D eigenvalue weighted by molar-refractivity contribution is 5.84. The smallest absolute Gasteiger partial charge is 0.119 e. The van der Waals surface area contributed by atoms with Crippen molar-refractivity contribution in [2.75, 3.05) is 7.11 Å². The molecule has 0 radical (unpaired) electrons. The van der Waals surface area contributed by atoms with Crippen LogP contribution in [0.2, 0.25) is 0 Å². The van der Waals surface area contributed by atoms with Gasteiger partial charge in [0.05, 0.1) is 13.4 Å². The van der Waals surface area contributed by atoms with Crippen LogP contribution in [0, 0.1) is 23.7 Å². The van der Waals surface area contributed by atoms with Crippen molar-refractivity contribution in [1.82, 2.24) is 0 Å². The third kappa shape index (κ3) is 2.82. The largest absolute Gasteiger partial charge is 0.497 e. The number of fused-ring (bicyclic) bond motifs is 1. The molecule has 0 amide bonds. The number of hydrogen-bond donors (Lipinski definition) is 0. The molecule has 2 aromatic carbocycles. The highest BCUT2D eigenvalue weighted by Gasteiger charge is 2.45. The minimum atomic E-state index is 0.664. The summed E-state index contributed by atoms with van der Waals surface area (Å²) >= 11 is 0. The van der Waals surface area contributed by atoms with Crippen molar-refractivity contribution in [3.63, 3.8) is 0 Å². The zero-order valence-corrected chi connectivity index (χ0v) is 14.9. The predicted molar refractivity (Wildman–Crippen MR) is 100 cm³/mol. The first-order valence-corrected chi connectivity index (χ1v) is 9.66. The third-order valence-corrected chi connectivity index (χ3v) is 6.66. The first kappa shape index (κ1) is 15.3. The normalized spacial score (nSPS) is 29.9. The van der Waals surface area contributed by atoms with Crippen LogP contribution in [0.15, 0.2) is 48.2 Å². The van der Waals surface area contributed by atoms with Crippen LogP contribution in [-0.2, 0) is 11.3 Å². The summed E-state index contributed by atoms with van der Waals surface area (Å²) in [5.41, 5.74) is 2.86. The maximum atomic E-state index is 6.05. The second kappa shape index (κ2) is 6.09. The lowest BCUT2D eigenvalue weighted by molar-refractivity contribution is 0.0632. The van der Waals surface area contributed by atoms with Crippen LogP contribution in [0.25, 0.3) is 10.8 Å². The maximum Gasteiger partial charge on any atom is 0.119 e. The first-order chi connectivity index (χ1) is 12.3. The zero-order valence-electron chi connectivity index (χ0n) is 14.9. The first-order valence-electron chi connectivity index (χ1n) is 9.66. The van der Waals surface area contributed by atoms with Crippen molar-refractivity contribution < 1.29 is 9.47 Å². The summed E-state index contributed by atoms with van der Waals surface area (Å²) in [4.78, 5) is 0. The van der Waals surface area contributed by atoms with E-state index in [9.17, 15) is 0 Å². The summed E-state index contributed by atoms with van der Waals surface area (Å²) in [7, 11) is 1.71. The molecule has 0 aromatic heterocycles. The Hall–Kier alpha value is -1.96. The van der Waals surface area contributed by atoms with Crippen LogP contribution in [0.1, 0.15) is 37.7 Å². The Morgan fingerprint density at radius 3 is 2.28 bits per heavy atom. The minimum Gasteiger partial charge on any atom is -0.497 e. The Kier molecular flexibility index (Phi) is 3.73. The van der Waals surface area contributed by atoms with E-state index in [4.69, 9.17) is 9.47 Å². The third-order valence-electron chi connectivity index (χ3n) is 6.66. The highest BCUT2D eigenvalue weighted by Crippen LogP contribution is 2.56. The Bertz CT molecular complexity index is 790. The van der Waals surface area contributed by atoms with E-state index < -0.39 is 0 Å². The summed E-state index contributed by atoms with van der Waals surface area (Å²) in [5.74, 6) is 4.57. The van der Waals surface area contributed by atoms with E-state index in [1.807, 2.05) is 6.07 Å². The fourth-order valence-electron chi connectivity index (χ4n) is 5.64. The lowest BCUT2D eigenvalue weighted by atomic mass is 9.54. The second-order valence-electron chi connectivity index (χ2n) is 8.28. The van der Waals surface area contributed by atoms with Crippen molar-refractivity contribution >= 4 is 10.8 Å². The molecule has 4 fully saturated rings. The van der Waals surface area contributed by atoms with E-state index in [1.54, 1.807) is 12.7 Å². The van der Waals surface area contributed by atoms with Gasteiger partial charge in [-0.15, -0.1) is 0 Å². The molecule has 130 valence electrons. The molecule has 4 aliphatic carbocycles. The predicted octanol–water partition coefficient (Wildman–Crippen LogP) is 5.71. The topological polar surface area (TPSA) is 18.5 Å². The van der Waals surface area contributed by atoms with Gasteiger partial charge in [0.15, 0.2) is 0 Å². The van der Waals surface area contributed by atoms with Gasteiger partial charge >= 0.3 is 0 Å². The summed E-state index contributed by atoms with van der Waals surface area (Å²) in [6, 6.07) is 12.8. The summed E-state index contributed by atoms with van der Waals surface area (Å²) in [6.45, 7) is 0.664. The quantitative estimate of drug-likeness (QED) is 0.667. The molecule has 2 aromatic rings. The second-order valence-corrected chi connectivity index (χ2v) is 8.28. The maximum absolute atomic E-state index is 6.05. The highest BCUT2D eigenvalue weighted by atomic mass is 16.5. The molecule has 2 heteroatoms. The van der Waals surface area contributed by atoms with Gasteiger partial charge in [-0.1, -0.05) is 18.2 Å². The van der Waals surface area contributed by atoms with E-state index in [2.05, 4.69) is 36.6 Å². The van der Waals surface area contributed by atoms with Gasteiger partial charge in [-0.25, -0.2) is 0 Å². The Morgan fingerprint density at radius 1 is 0.880 bits per heavy atom. The molecular weight excluding hydrogens is 308 g/mol. The molecular formula is C23H26O2. The average Bonchev–Trinajstić information content (AvgIpc) is 2.63. The monoisotopic (exact) mass is 334 g/mol. The number of methoxy groups -OCH3 is 1. The number of allylic oxidation sites excluding steroid dienone is 1. The summed E-state index contributed by atoms with van der Waals surface area (Å²) in [6.07, 6.45) is 9.30. The van der Waals surface area contributed by atoms with E-state index in [-0.39, 0.29) is 0 Å². The molecule has 6 rings (SSSR count). The van der Waals surface area contributed by atoms with Gasteiger partial charge in [-0.3, -0.25) is 0 Å². The Balaban J connectivity index is 1.29. The van der Waals surface area contributed by atoms with Crippen molar-refractivity contribution in [3.05, 3.63) is 53.8 Å². The summed E-state index contributed by atoms with van der Waals surface area (Å²) in [5, 5.41) is 2.45. The number of ether oxygens (including phenoxy) is 2. The van der Waals surface area contributed by atoms with Gasteiger partial charge in [-0.2, -0.15) is 0 Å². The van der Waals surface area contributed by atoms with Crippen LogP contribution in [-0.4, -0.2) is 7.11 Å². The van der Waals surface area contributed by atoms with Crippen LogP contribution in [0.5, 0.6) is 5.75 Å². The lowest BCUT2D eigenvalue weighted by Crippen LogP contribution is -2.40. The van der Waals surface area contributed by atoms with Crippen LogP contribution in [0.3, 0.4) is 0 Å². The van der Waals surface area contributed by atoms with Gasteiger partial charge in [0.2, 0.25) is 0 Å². The lowest BCUT2D eigenvalue weighted by Gasteiger charge is -2.51. The fourth-order valence-corrected chi connectivity index (χ4v) is 5.64. The van der Waals surface area contributed by atoms with Crippen molar-refractivity contribution in [3.8, 4) is 5.75 Å². The minimum absolute atomic E-state index is 0.664. The summed E-state index contributed by atoms with van der Waals surface area (Å²) < 4.78 is 11.4. The van der Waals surface area contributed by atoms with E-state index in [0.29, 0.717) is 6.61 Å². The zero-order chi connectivity index (χ0) is 16.8. The van der Waals surface area contributed by atoms with Gasteiger partial charge in [0, 0.05) is 0 Å². The fraction of sp³-hybridized carbons (Fsp3) is 0.478. The SMILES string of the molecule is COc1ccc2cc(COC=C3C4CC5CC(C4)CC3C5)ccc2c1. The van der Waals surface area contributed by atoms with Crippen LogP contribution in [0.4, 0.5) is 0 Å². The molecule has 0 heterocycles. The molecule has 0 aliphatic heterocycles. The van der Waals surface area contributed by atoms with E-state index in [1.165, 1.54) is 48.4 Å². The Morgan fingerprint density at radius 2 is 1.56 bits per heavy atom. The standard InChI is InChI=1S/C23H26O2/c1-24-22-5-4-18-7-15(2-3-19(18)12-22)13-25-14-23-20-8-16-6-17(10-20)11-21(23)9-16/h2-5,7,12,14,16-17,20-21H,6,8-11,13H2,1H3. The van der Waals surface area contributed by atoms with E-state index >= 15 is 0 Å². The number of rotatable bonds is 4. The van der Waals surface area contributed by atoms with Crippen molar-refractivity contribution in [1.29, 1.82) is 0 Å². The average molecular weight is 334 g/mol. The molecule has 0 saturated heterocycles. The molecule has 0 spiro atoms. The number of benzene rings is 2. The van der Waals surface area contributed by atoms with Crippen molar-refractivity contribution in [2.24, 2.45) is 23.7 Å². The Labute approximate surface area is 149 Å². The van der Waals surface area contributed by atoms with Crippen LogP contribution < -0.4 is 4.74 Å². The molecule has 25 heavy (non-hydrogen) atoms. The molecule has 4 saturated carbocycles. The van der Waals surface area contributed by atoms with Gasteiger partial charge in [0.25, 0.3) is 0 Å². The molecule has 0 unspecified atom stereocenters. The van der Waals surface area contributed by atoms with Crippen molar-refractivity contribution in [2.45, 2.75) is 38.7 Å². The van der Waals surface area contributed by atoms with Gasteiger partial charge in [-0.05, 0) is 95.9 Å². The molecule has 4 bridgehead atoms. The van der Waals surface area contributed by atoms with Gasteiger partial charge in [0.1, 0.15) is 12.4 Å². The molecule has 4 aliphatic rings. The number of hydrogen-bond acceptors (Lipinski definition) is 2. The van der Waals surface area contributed by atoms with Crippen LogP contribution >= 0.6 is 0 Å². The molecule has 0 N–H and O–H groups in total.